The second kappa shape index (κ2) is 8.08. The first kappa shape index (κ1) is 17.4. The molecule has 0 radical (unpaired) electrons. The summed E-state index contributed by atoms with van der Waals surface area (Å²) in [6.45, 7) is 0.141. The van der Waals surface area contributed by atoms with Crippen LogP contribution < -0.4 is 10.6 Å². The summed E-state index contributed by atoms with van der Waals surface area (Å²) in [5.41, 5.74) is 1.30. The average Bonchev–Trinajstić information content (AvgIpc) is 2.55. The van der Waals surface area contributed by atoms with E-state index in [9.17, 15) is 13.6 Å². The fourth-order valence-electron chi connectivity index (χ4n) is 2.24. The van der Waals surface area contributed by atoms with E-state index in [-0.39, 0.29) is 12.5 Å². The zero-order valence-electron chi connectivity index (χ0n) is 12.9. The third-order valence-electron chi connectivity index (χ3n) is 3.35. The summed E-state index contributed by atoms with van der Waals surface area (Å²) in [5.74, 6) is -2.07. The van der Waals surface area contributed by atoms with Gasteiger partial charge in [-0.1, -0.05) is 18.2 Å². The molecular weight excluding hydrogens is 318 g/mol. The standard InChI is InChI=1S/C17H18F2N2OS/c1-20-10-16(22)21-17(11-4-3-5-13(8-11)23-2)12-6-7-14(18)15(19)9-12/h3-9,17,20H,10H2,1-2H3,(H,21,22)/t17-/m1/s1. The van der Waals surface area contributed by atoms with Crippen LogP contribution in [0, 0.1) is 11.6 Å². The summed E-state index contributed by atoms with van der Waals surface area (Å²) in [6, 6.07) is 10.7. The molecule has 0 aromatic heterocycles. The van der Waals surface area contributed by atoms with E-state index in [2.05, 4.69) is 10.6 Å². The molecule has 23 heavy (non-hydrogen) atoms. The van der Waals surface area contributed by atoms with Gasteiger partial charge in [-0.25, -0.2) is 8.78 Å². The van der Waals surface area contributed by atoms with Gasteiger partial charge < -0.3 is 10.6 Å². The number of halogens is 2. The highest BCUT2D eigenvalue weighted by molar-refractivity contribution is 7.98. The Morgan fingerprint density at radius 2 is 1.87 bits per heavy atom. The minimum atomic E-state index is -0.934. The molecule has 0 saturated carbocycles. The lowest BCUT2D eigenvalue weighted by molar-refractivity contribution is -0.120. The first-order valence-electron chi connectivity index (χ1n) is 7.08. The highest BCUT2D eigenvalue weighted by Gasteiger charge is 2.18. The van der Waals surface area contributed by atoms with Crippen LogP contribution >= 0.6 is 11.8 Å². The lowest BCUT2D eigenvalue weighted by atomic mass is 9.98. The Hall–Kier alpha value is -1.92. The van der Waals surface area contributed by atoms with E-state index >= 15 is 0 Å². The maximum atomic E-state index is 13.6. The van der Waals surface area contributed by atoms with E-state index in [1.54, 1.807) is 18.8 Å². The van der Waals surface area contributed by atoms with Crippen molar-refractivity contribution < 1.29 is 13.6 Å². The second-order valence-electron chi connectivity index (χ2n) is 4.98. The van der Waals surface area contributed by atoms with Crippen molar-refractivity contribution in [3.8, 4) is 0 Å². The highest BCUT2D eigenvalue weighted by Crippen LogP contribution is 2.26. The number of likely N-dealkylation sites (N-methyl/N-ethyl adjacent to an activating group) is 1. The third-order valence-corrected chi connectivity index (χ3v) is 4.07. The van der Waals surface area contributed by atoms with E-state index < -0.39 is 17.7 Å². The molecule has 0 heterocycles. The van der Waals surface area contributed by atoms with Gasteiger partial charge in [-0.2, -0.15) is 0 Å². The molecule has 2 N–H and O–H groups in total. The molecule has 0 unspecified atom stereocenters. The molecule has 0 aliphatic heterocycles. The SMILES string of the molecule is CNCC(=O)N[C@H](c1cccc(SC)c1)c1ccc(F)c(F)c1. The first-order valence-corrected chi connectivity index (χ1v) is 8.30. The van der Waals surface area contributed by atoms with Crippen molar-refractivity contribution in [2.45, 2.75) is 10.9 Å². The predicted octanol–water partition coefficient (Wildman–Crippen LogP) is 3.11. The fourth-order valence-corrected chi connectivity index (χ4v) is 2.71. The van der Waals surface area contributed by atoms with Crippen molar-refractivity contribution in [1.29, 1.82) is 0 Å². The Morgan fingerprint density at radius 1 is 1.13 bits per heavy atom. The molecule has 0 bridgehead atoms. The largest absolute Gasteiger partial charge is 0.344 e. The summed E-state index contributed by atoms with van der Waals surface area (Å²) in [6.07, 6.45) is 1.95. The first-order chi connectivity index (χ1) is 11.0. The molecule has 1 atom stereocenters. The van der Waals surface area contributed by atoms with Gasteiger partial charge in [0.25, 0.3) is 0 Å². The van der Waals surface area contributed by atoms with E-state index in [1.165, 1.54) is 6.07 Å². The van der Waals surface area contributed by atoms with Crippen LogP contribution in [0.3, 0.4) is 0 Å². The van der Waals surface area contributed by atoms with Gasteiger partial charge in [0.05, 0.1) is 12.6 Å². The summed E-state index contributed by atoms with van der Waals surface area (Å²) >= 11 is 1.57. The zero-order valence-corrected chi connectivity index (χ0v) is 13.7. The van der Waals surface area contributed by atoms with E-state index in [0.717, 1.165) is 22.6 Å². The second-order valence-corrected chi connectivity index (χ2v) is 5.86. The Bertz CT molecular complexity index is 694. The third kappa shape index (κ3) is 4.53. The maximum absolute atomic E-state index is 13.6. The number of hydrogen-bond acceptors (Lipinski definition) is 3. The normalized spacial score (nSPS) is 12.0. The van der Waals surface area contributed by atoms with Gasteiger partial charge in [0.2, 0.25) is 5.91 Å². The molecule has 1 amide bonds. The number of benzene rings is 2. The average molecular weight is 336 g/mol. The summed E-state index contributed by atoms with van der Waals surface area (Å²) in [4.78, 5) is 13.0. The molecule has 6 heteroatoms. The summed E-state index contributed by atoms with van der Waals surface area (Å²) in [5, 5.41) is 5.62. The molecule has 3 nitrogen and oxygen atoms in total. The molecule has 0 saturated heterocycles. The van der Waals surface area contributed by atoms with Crippen LogP contribution in [0.15, 0.2) is 47.4 Å². The quantitative estimate of drug-likeness (QED) is 0.797. The predicted molar refractivity (Wildman–Crippen MR) is 88.5 cm³/mol. The molecule has 2 aromatic rings. The lowest BCUT2D eigenvalue weighted by Gasteiger charge is -2.20. The zero-order chi connectivity index (χ0) is 16.8. The fraction of sp³-hybridized carbons (Fsp3) is 0.235. The Kier molecular flexibility index (Phi) is 6.12. The van der Waals surface area contributed by atoms with Crippen LogP contribution in [-0.4, -0.2) is 25.8 Å². The number of rotatable bonds is 6. The van der Waals surface area contributed by atoms with Gasteiger partial charge in [-0.15, -0.1) is 11.8 Å². The topological polar surface area (TPSA) is 41.1 Å². The minimum absolute atomic E-state index is 0.141. The van der Waals surface area contributed by atoms with Gasteiger partial charge in [0.15, 0.2) is 11.6 Å². The monoisotopic (exact) mass is 336 g/mol. The molecule has 0 spiro atoms. The van der Waals surface area contributed by atoms with Crippen molar-refractivity contribution >= 4 is 17.7 Å². The molecule has 2 rings (SSSR count). The maximum Gasteiger partial charge on any atom is 0.234 e. The van der Waals surface area contributed by atoms with Crippen LogP contribution in [0.1, 0.15) is 17.2 Å². The molecule has 122 valence electrons. The van der Waals surface area contributed by atoms with Crippen LogP contribution in [0.2, 0.25) is 0 Å². The number of hydrogen-bond donors (Lipinski definition) is 2. The molecule has 0 aliphatic carbocycles. The molecule has 0 aliphatic rings. The molecular formula is C17H18F2N2OS. The van der Waals surface area contributed by atoms with Gasteiger partial charge in [0.1, 0.15) is 0 Å². The van der Waals surface area contributed by atoms with E-state index in [1.807, 2.05) is 30.5 Å². The van der Waals surface area contributed by atoms with Gasteiger partial charge in [0, 0.05) is 4.90 Å². The number of carbonyl (C=O) groups is 1. The Balaban J connectivity index is 2.41. The molecule has 2 aromatic carbocycles. The Morgan fingerprint density at radius 3 is 2.52 bits per heavy atom. The minimum Gasteiger partial charge on any atom is -0.344 e. The van der Waals surface area contributed by atoms with E-state index in [4.69, 9.17) is 0 Å². The number of thioether (sulfide) groups is 1. The molecule has 0 fully saturated rings. The van der Waals surface area contributed by atoms with Gasteiger partial charge in [-0.05, 0) is 48.7 Å². The van der Waals surface area contributed by atoms with Crippen molar-refractivity contribution in [1.82, 2.24) is 10.6 Å². The van der Waals surface area contributed by atoms with Crippen molar-refractivity contribution in [2.75, 3.05) is 19.8 Å². The van der Waals surface area contributed by atoms with Crippen molar-refractivity contribution in [3.63, 3.8) is 0 Å². The number of carbonyl (C=O) groups excluding carboxylic acids is 1. The van der Waals surface area contributed by atoms with Crippen molar-refractivity contribution in [3.05, 3.63) is 65.2 Å². The van der Waals surface area contributed by atoms with Crippen LogP contribution in [0.5, 0.6) is 0 Å². The van der Waals surface area contributed by atoms with Gasteiger partial charge >= 0.3 is 0 Å². The number of nitrogens with one attached hydrogen (secondary N) is 2. The lowest BCUT2D eigenvalue weighted by Crippen LogP contribution is -2.35. The van der Waals surface area contributed by atoms with Gasteiger partial charge in [-0.3, -0.25) is 4.79 Å². The highest BCUT2D eigenvalue weighted by atomic mass is 32.2. The van der Waals surface area contributed by atoms with Crippen LogP contribution in [0.4, 0.5) is 8.78 Å². The van der Waals surface area contributed by atoms with Crippen LogP contribution in [0.25, 0.3) is 0 Å². The smallest absolute Gasteiger partial charge is 0.234 e. The van der Waals surface area contributed by atoms with E-state index in [0.29, 0.717) is 5.56 Å². The summed E-state index contributed by atoms with van der Waals surface area (Å²) in [7, 11) is 1.67. The number of amides is 1. The van der Waals surface area contributed by atoms with Crippen molar-refractivity contribution in [2.24, 2.45) is 0 Å². The Labute approximate surface area is 138 Å². The summed E-state index contributed by atoms with van der Waals surface area (Å²) < 4.78 is 26.8. The van der Waals surface area contributed by atoms with Crippen LogP contribution in [-0.2, 0) is 4.79 Å².